The molecule has 3 unspecified atom stereocenters. The number of nitrogens with two attached hydrogens (primary N) is 1. The van der Waals surface area contributed by atoms with Crippen LogP contribution in [0, 0.1) is 0 Å². The second-order valence-electron chi connectivity index (χ2n) is 5.61. The number of hydrogen-bond donors (Lipinski definition) is 2. The smallest absolute Gasteiger partial charge is 0.342 e. The van der Waals surface area contributed by atoms with Crippen LogP contribution in [0.5, 0.6) is 0 Å². The van der Waals surface area contributed by atoms with Gasteiger partial charge in [0.1, 0.15) is 23.1 Å². The first-order valence-electron chi connectivity index (χ1n) is 7.28. The topological polar surface area (TPSA) is 85.7 Å². The zero-order chi connectivity index (χ0) is 15.9. The molecule has 1 aromatic carbocycles. The zero-order valence-corrected chi connectivity index (χ0v) is 13.8. The lowest BCUT2D eigenvalue weighted by atomic mass is 9.91. The number of hydrogen-bond acceptors (Lipinski definition) is 5. The lowest BCUT2D eigenvalue weighted by Crippen LogP contribution is -2.48. The van der Waals surface area contributed by atoms with Gasteiger partial charge in [0.05, 0.1) is 11.4 Å². The normalized spacial score (nSPS) is 28.2. The molecule has 3 atom stereocenters. The predicted molar refractivity (Wildman–Crippen MR) is 86.0 cm³/mol. The van der Waals surface area contributed by atoms with Gasteiger partial charge in [0.15, 0.2) is 0 Å². The fourth-order valence-electron chi connectivity index (χ4n) is 3.06. The van der Waals surface area contributed by atoms with E-state index >= 15 is 0 Å². The summed E-state index contributed by atoms with van der Waals surface area (Å²) >= 11 is 3.43. The summed E-state index contributed by atoms with van der Waals surface area (Å²) in [7, 11) is 0. The van der Waals surface area contributed by atoms with Crippen molar-refractivity contribution < 1.29 is 19.1 Å². The molecule has 0 aliphatic heterocycles. The minimum absolute atomic E-state index is 0.132. The third-order valence-electron chi connectivity index (χ3n) is 4.27. The number of fused-ring (bicyclic) bond motifs is 1. The van der Waals surface area contributed by atoms with E-state index in [1.54, 1.807) is 6.92 Å². The first-order chi connectivity index (χ1) is 10.4. The number of ether oxygens (including phenoxy) is 1. The number of furan rings is 1. The van der Waals surface area contributed by atoms with Gasteiger partial charge in [0, 0.05) is 11.3 Å². The highest BCUT2D eigenvalue weighted by Gasteiger charge is 2.45. The van der Waals surface area contributed by atoms with Gasteiger partial charge < -0.3 is 20.0 Å². The molecule has 3 rings (SSSR count). The largest absolute Gasteiger partial charge is 0.463 e. The van der Waals surface area contributed by atoms with E-state index in [0.717, 1.165) is 18.4 Å². The van der Waals surface area contributed by atoms with E-state index in [1.807, 2.05) is 18.2 Å². The molecule has 1 fully saturated rings. The molecule has 1 aromatic heterocycles. The third-order valence-corrected chi connectivity index (χ3v) is 5.46. The maximum Gasteiger partial charge on any atom is 0.342 e. The van der Waals surface area contributed by atoms with Crippen LogP contribution in [0.25, 0.3) is 11.0 Å². The molecule has 1 aliphatic rings. The minimum atomic E-state index is -1.29. The molecule has 0 radical (unpaired) electrons. The van der Waals surface area contributed by atoms with Crippen molar-refractivity contribution in [2.75, 3.05) is 6.61 Å². The molecule has 0 saturated heterocycles. The highest BCUT2D eigenvalue weighted by atomic mass is 79.9. The van der Waals surface area contributed by atoms with Crippen molar-refractivity contribution in [3.05, 3.63) is 35.6 Å². The van der Waals surface area contributed by atoms with Crippen LogP contribution in [0.4, 0.5) is 0 Å². The highest BCUT2D eigenvalue weighted by molar-refractivity contribution is 9.09. The van der Waals surface area contributed by atoms with Crippen LogP contribution in [-0.2, 0) is 4.74 Å². The Bertz CT molecular complexity index is 709. The number of alkyl halides is 1. The van der Waals surface area contributed by atoms with Gasteiger partial charge in [-0.2, -0.15) is 0 Å². The molecule has 118 valence electrons. The van der Waals surface area contributed by atoms with Crippen LogP contribution in [-0.4, -0.2) is 28.2 Å². The summed E-state index contributed by atoms with van der Waals surface area (Å²) in [4.78, 5) is 11.7. The Morgan fingerprint density at radius 2 is 2.32 bits per heavy atom. The summed E-state index contributed by atoms with van der Waals surface area (Å²) in [6.07, 6.45) is 3.00. The van der Waals surface area contributed by atoms with Gasteiger partial charge in [0.2, 0.25) is 0 Å². The van der Waals surface area contributed by atoms with Crippen molar-refractivity contribution in [2.45, 2.75) is 36.2 Å². The number of halogens is 1. The van der Waals surface area contributed by atoms with Crippen LogP contribution in [0.1, 0.15) is 41.6 Å². The van der Waals surface area contributed by atoms with Gasteiger partial charge in [0.25, 0.3) is 0 Å². The first-order valence-corrected chi connectivity index (χ1v) is 8.20. The molecule has 5 nitrogen and oxygen atoms in total. The summed E-state index contributed by atoms with van der Waals surface area (Å²) in [5, 5.41) is 11.1. The van der Waals surface area contributed by atoms with Crippen LogP contribution in [0.15, 0.2) is 28.9 Å². The fraction of sp³-hybridized carbons (Fsp3) is 0.438. The maximum absolute atomic E-state index is 11.9. The van der Waals surface area contributed by atoms with Crippen molar-refractivity contribution in [1.82, 2.24) is 0 Å². The fourth-order valence-corrected chi connectivity index (χ4v) is 3.64. The second-order valence-corrected chi connectivity index (χ2v) is 6.72. The molecule has 1 heterocycles. The molecule has 1 aliphatic carbocycles. The molecule has 0 bridgehead atoms. The number of carbonyl (C=O) groups excluding carboxylic acids is 1. The lowest BCUT2D eigenvalue weighted by Gasteiger charge is -2.28. The van der Waals surface area contributed by atoms with Gasteiger partial charge in [-0.25, -0.2) is 4.79 Å². The van der Waals surface area contributed by atoms with E-state index in [4.69, 9.17) is 14.9 Å². The van der Waals surface area contributed by atoms with Gasteiger partial charge in [-0.1, -0.05) is 22.0 Å². The van der Waals surface area contributed by atoms with Crippen LogP contribution >= 0.6 is 15.9 Å². The van der Waals surface area contributed by atoms with Crippen LogP contribution in [0.3, 0.4) is 0 Å². The second kappa shape index (κ2) is 5.68. The average molecular weight is 368 g/mol. The predicted octanol–water partition coefficient (Wildman–Crippen LogP) is 2.90. The Hall–Kier alpha value is -1.37. The third kappa shape index (κ3) is 2.45. The summed E-state index contributed by atoms with van der Waals surface area (Å²) in [5.74, 6) is -0.567. The van der Waals surface area contributed by atoms with Gasteiger partial charge >= 0.3 is 5.97 Å². The van der Waals surface area contributed by atoms with Crippen molar-refractivity contribution in [1.29, 1.82) is 0 Å². The van der Waals surface area contributed by atoms with E-state index in [1.165, 1.54) is 6.26 Å². The first kappa shape index (κ1) is 15.5. The number of esters is 1. The summed E-state index contributed by atoms with van der Waals surface area (Å²) in [6.45, 7) is 2.08. The van der Waals surface area contributed by atoms with E-state index in [0.29, 0.717) is 23.1 Å². The van der Waals surface area contributed by atoms with Gasteiger partial charge in [-0.3, -0.25) is 0 Å². The minimum Gasteiger partial charge on any atom is -0.463 e. The Morgan fingerprint density at radius 1 is 1.55 bits per heavy atom. The Balaban J connectivity index is 1.97. The SMILES string of the molecule is CCOC(=O)c1coc2cc(C3CCC(Br)C3(N)O)ccc12. The van der Waals surface area contributed by atoms with Crippen LogP contribution < -0.4 is 5.73 Å². The average Bonchev–Trinajstić information content (AvgIpc) is 3.00. The highest BCUT2D eigenvalue weighted by Crippen LogP contribution is 2.44. The molecule has 3 N–H and O–H groups in total. The maximum atomic E-state index is 11.9. The summed E-state index contributed by atoms with van der Waals surface area (Å²) in [6, 6.07) is 5.54. The quantitative estimate of drug-likeness (QED) is 0.494. The number of benzene rings is 1. The molecule has 0 spiro atoms. The molecule has 0 amide bonds. The number of rotatable bonds is 3. The molecular formula is C16H18BrNO4. The Kier molecular flexibility index (Phi) is 4.01. The van der Waals surface area contributed by atoms with E-state index < -0.39 is 11.7 Å². The van der Waals surface area contributed by atoms with Crippen molar-refractivity contribution in [2.24, 2.45) is 5.73 Å². The Morgan fingerprint density at radius 3 is 2.95 bits per heavy atom. The van der Waals surface area contributed by atoms with Gasteiger partial charge in [-0.05, 0) is 37.5 Å². The van der Waals surface area contributed by atoms with Crippen LogP contribution in [0.2, 0.25) is 0 Å². The Labute approximate surface area is 136 Å². The van der Waals surface area contributed by atoms with E-state index in [9.17, 15) is 9.90 Å². The molecular weight excluding hydrogens is 350 g/mol. The van der Waals surface area contributed by atoms with Crippen molar-refractivity contribution in [3.63, 3.8) is 0 Å². The van der Waals surface area contributed by atoms with Crippen molar-refractivity contribution >= 4 is 32.9 Å². The number of carbonyl (C=O) groups is 1. The van der Waals surface area contributed by atoms with Gasteiger partial charge in [-0.15, -0.1) is 0 Å². The number of aliphatic hydroxyl groups is 1. The molecule has 6 heteroatoms. The molecule has 1 saturated carbocycles. The van der Waals surface area contributed by atoms with Crippen molar-refractivity contribution in [3.8, 4) is 0 Å². The monoisotopic (exact) mass is 367 g/mol. The lowest BCUT2D eigenvalue weighted by molar-refractivity contribution is 0.0432. The summed E-state index contributed by atoms with van der Waals surface area (Å²) < 4.78 is 10.5. The standard InChI is InChI=1S/C16H18BrNO4/c1-2-21-15(19)11-8-22-13-7-9(3-4-10(11)13)12-5-6-14(17)16(12,18)20/h3-4,7-8,12,14,20H,2,5-6,18H2,1H3. The molecule has 2 aromatic rings. The zero-order valence-electron chi connectivity index (χ0n) is 12.2. The summed E-state index contributed by atoms with van der Waals surface area (Å²) in [5.41, 5.74) is 6.66. The molecule has 22 heavy (non-hydrogen) atoms. The van der Waals surface area contributed by atoms with E-state index in [2.05, 4.69) is 15.9 Å². The van der Waals surface area contributed by atoms with E-state index in [-0.39, 0.29) is 10.7 Å².